The van der Waals surface area contributed by atoms with Crippen molar-refractivity contribution in [2.45, 2.75) is 31.6 Å². The molecule has 10 nitrogen and oxygen atoms in total. The van der Waals surface area contributed by atoms with Crippen LogP contribution in [0.2, 0.25) is 0 Å². The summed E-state index contributed by atoms with van der Waals surface area (Å²) in [5.41, 5.74) is 0.541. The summed E-state index contributed by atoms with van der Waals surface area (Å²) in [6.07, 6.45) is 2.27. The summed E-state index contributed by atoms with van der Waals surface area (Å²) in [5, 5.41) is 14.2. The fourth-order valence-electron chi connectivity index (χ4n) is 3.17. The van der Waals surface area contributed by atoms with Crippen LogP contribution in [0.4, 0.5) is 4.79 Å². The summed E-state index contributed by atoms with van der Waals surface area (Å²) in [6, 6.07) is 10.0. The standard InChI is InChI=1S/C20H20N6O4S/c1-2-9-25-17(28)14-7-3-4-8-15(14)26-19(25)23-24-20(26)31-12-16(27)22-18(29)21-11-13-6-5-10-30-13/h3-8,10H,2,9,11-12H2,1H3,(H2,21,22,27,29). The van der Waals surface area contributed by atoms with E-state index in [0.29, 0.717) is 34.1 Å². The highest BCUT2D eigenvalue weighted by molar-refractivity contribution is 7.99. The van der Waals surface area contributed by atoms with Gasteiger partial charge in [-0.05, 0) is 30.7 Å². The predicted molar refractivity (Wildman–Crippen MR) is 115 cm³/mol. The summed E-state index contributed by atoms with van der Waals surface area (Å²) in [5.74, 6) is 0.474. The molecule has 160 valence electrons. The van der Waals surface area contributed by atoms with Gasteiger partial charge in [-0.1, -0.05) is 30.8 Å². The SMILES string of the molecule is CCCn1c(=O)c2ccccc2n2c(SCC(=O)NC(=O)NCc3ccco3)nnc12. The maximum absolute atomic E-state index is 12.8. The smallest absolute Gasteiger partial charge is 0.321 e. The van der Waals surface area contributed by atoms with Gasteiger partial charge in [0.2, 0.25) is 11.7 Å². The molecular weight excluding hydrogens is 420 g/mol. The zero-order valence-electron chi connectivity index (χ0n) is 16.7. The van der Waals surface area contributed by atoms with Gasteiger partial charge in [0, 0.05) is 6.54 Å². The number of benzene rings is 1. The van der Waals surface area contributed by atoms with Crippen LogP contribution in [0.15, 0.2) is 57.0 Å². The van der Waals surface area contributed by atoms with Gasteiger partial charge < -0.3 is 9.73 Å². The van der Waals surface area contributed by atoms with E-state index in [9.17, 15) is 14.4 Å². The predicted octanol–water partition coefficient (Wildman–Crippen LogP) is 2.17. The number of nitrogens with zero attached hydrogens (tertiary/aromatic N) is 4. The van der Waals surface area contributed by atoms with E-state index in [0.717, 1.165) is 18.2 Å². The first-order valence-electron chi connectivity index (χ1n) is 9.68. The Labute approximate surface area is 180 Å². The van der Waals surface area contributed by atoms with Crippen molar-refractivity contribution in [1.29, 1.82) is 0 Å². The first-order valence-corrected chi connectivity index (χ1v) is 10.7. The molecule has 0 bridgehead atoms. The monoisotopic (exact) mass is 440 g/mol. The molecule has 0 fully saturated rings. The molecule has 4 aromatic rings. The van der Waals surface area contributed by atoms with Crippen molar-refractivity contribution in [3.8, 4) is 0 Å². The van der Waals surface area contributed by atoms with Crippen LogP contribution in [0.5, 0.6) is 0 Å². The molecule has 0 radical (unpaired) electrons. The highest BCUT2D eigenvalue weighted by atomic mass is 32.2. The quantitative estimate of drug-likeness (QED) is 0.422. The maximum Gasteiger partial charge on any atom is 0.321 e. The lowest BCUT2D eigenvalue weighted by atomic mass is 10.2. The number of nitrogens with one attached hydrogen (secondary N) is 2. The third-order valence-corrected chi connectivity index (χ3v) is 5.44. The van der Waals surface area contributed by atoms with E-state index in [2.05, 4.69) is 20.8 Å². The van der Waals surface area contributed by atoms with Gasteiger partial charge in [-0.25, -0.2) is 4.79 Å². The Bertz CT molecular complexity index is 1290. The molecule has 31 heavy (non-hydrogen) atoms. The Hall–Kier alpha value is -3.60. The van der Waals surface area contributed by atoms with E-state index in [-0.39, 0.29) is 17.9 Å². The lowest BCUT2D eigenvalue weighted by Gasteiger charge is -2.10. The third kappa shape index (κ3) is 4.31. The number of amides is 3. The van der Waals surface area contributed by atoms with Gasteiger partial charge in [0.05, 0.1) is 29.5 Å². The largest absolute Gasteiger partial charge is 0.467 e. The van der Waals surface area contributed by atoms with E-state index in [1.165, 1.54) is 6.26 Å². The normalized spacial score (nSPS) is 11.1. The van der Waals surface area contributed by atoms with E-state index >= 15 is 0 Å². The van der Waals surface area contributed by atoms with Crippen LogP contribution in [-0.4, -0.2) is 36.9 Å². The van der Waals surface area contributed by atoms with Crippen molar-refractivity contribution in [2.75, 3.05) is 5.75 Å². The number of fused-ring (bicyclic) bond motifs is 3. The van der Waals surface area contributed by atoms with Crippen LogP contribution in [0.1, 0.15) is 19.1 Å². The lowest BCUT2D eigenvalue weighted by molar-refractivity contribution is -0.117. The zero-order valence-corrected chi connectivity index (χ0v) is 17.5. The molecule has 4 rings (SSSR count). The Balaban J connectivity index is 1.50. The summed E-state index contributed by atoms with van der Waals surface area (Å²) < 4.78 is 8.47. The minimum absolute atomic E-state index is 0.0454. The molecule has 2 N–H and O–H groups in total. The van der Waals surface area contributed by atoms with Crippen LogP contribution in [0.3, 0.4) is 0 Å². The van der Waals surface area contributed by atoms with Crippen LogP contribution in [0.25, 0.3) is 16.7 Å². The molecule has 0 saturated carbocycles. The second-order valence-electron chi connectivity index (χ2n) is 6.69. The summed E-state index contributed by atoms with van der Waals surface area (Å²) in [4.78, 5) is 36.9. The van der Waals surface area contributed by atoms with Crippen LogP contribution < -0.4 is 16.2 Å². The van der Waals surface area contributed by atoms with Gasteiger partial charge in [0.1, 0.15) is 5.76 Å². The summed E-state index contributed by atoms with van der Waals surface area (Å²) in [6.45, 7) is 2.66. The zero-order chi connectivity index (χ0) is 21.8. The molecule has 0 saturated heterocycles. The summed E-state index contributed by atoms with van der Waals surface area (Å²) in [7, 11) is 0. The Morgan fingerprint density at radius 1 is 1.16 bits per heavy atom. The number of rotatable bonds is 7. The molecule has 1 aromatic carbocycles. The third-order valence-electron chi connectivity index (χ3n) is 4.51. The molecule has 0 atom stereocenters. The topological polar surface area (TPSA) is 124 Å². The molecule has 0 aliphatic heterocycles. The number of thioether (sulfide) groups is 1. The van der Waals surface area contributed by atoms with Crippen LogP contribution >= 0.6 is 11.8 Å². The van der Waals surface area contributed by atoms with Gasteiger partial charge in [-0.2, -0.15) is 0 Å². The van der Waals surface area contributed by atoms with Crippen molar-refractivity contribution in [3.63, 3.8) is 0 Å². The Kier molecular flexibility index (Phi) is 6.03. The second kappa shape index (κ2) is 9.04. The summed E-state index contributed by atoms with van der Waals surface area (Å²) >= 11 is 1.13. The number of carbonyl (C=O) groups is 2. The number of aryl methyl sites for hydroxylation is 1. The van der Waals surface area contributed by atoms with Gasteiger partial charge in [-0.3, -0.25) is 23.9 Å². The van der Waals surface area contributed by atoms with Crippen molar-refractivity contribution in [3.05, 3.63) is 58.8 Å². The van der Waals surface area contributed by atoms with E-state index in [1.807, 2.05) is 19.1 Å². The first-order chi connectivity index (χ1) is 15.1. The number of urea groups is 1. The lowest BCUT2D eigenvalue weighted by Crippen LogP contribution is -2.39. The minimum atomic E-state index is -0.615. The van der Waals surface area contributed by atoms with Crippen LogP contribution in [-0.2, 0) is 17.9 Å². The van der Waals surface area contributed by atoms with E-state index in [4.69, 9.17) is 4.42 Å². The number of carbonyl (C=O) groups excluding carboxylic acids is 2. The van der Waals surface area contributed by atoms with E-state index in [1.54, 1.807) is 33.2 Å². The number of furan rings is 1. The average molecular weight is 440 g/mol. The molecular formula is C20H20N6O4S. The molecule has 0 aliphatic carbocycles. The molecule has 0 unspecified atom stereocenters. The average Bonchev–Trinajstić information content (AvgIpc) is 3.44. The van der Waals surface area contributed by atoms with Crippen LogP contribution in [0, 0.1) is 0 Å². The minimum Gasteiger partial charge on any atom is -0.467 e. The van der Waals surface area contributed by atoms with Crippen molar-refractivity contribution >= 4 is 40.4 Å². The fraction of sp³-hybridized carbons (Fsp3) is 0.250. The molecule has 0 aliphatic rings. The van der Waals surface area contributed by atoms with Gasteiger partial charge >= 0.3 is 6.03 Å². The Morgan fingerprint density at radius 2 is 2.00 bits per heavy atom. The molecule has 3 heterocycles. The number of para-hydroxylation sites is 1. The second-order valence-corrected chi connectivity index (χ2v) is 7.63. The van der Waals surface area contributed by atoms with Crippen molar-refractivity contribution in [1.82, 2.24) is 29.8 Å². The highest BCUT2D eigenvalue weighted by Crippen LogP contribution is 2.21. The van der Waals surface area contributed by atoms with Crippen molar-refractivity contribution < 1.29 is 14.0 Å². The van der Waals surface area contributed by atoms with Gasteiger partial charge in [-0.15, -0.1) is 10.2 Å². The van der Waals surface area contributed by atoms with E-state index < -0.39 is 11.9 Å². The number of hydrogen-bond acceptors (Lipinski definition) is 7. The molecule has 3 aromatic heterocycles. The highest BCUT2D eigenvalue weighted by Gasteiger charge is 2.17. The molecule has 11 heteroatoms. The van der Waals surface area contributed by atoms with Crippen molar-refractivity contribution in [2.24, 2.45) is 0 Å². The van der Waals surface area contributed by atoms with Gasteiger partial charge in [0.25, 0.3) is 5.56 Å². The Morgan fingerprint density at radius 3 is 2.77 bits per heavy atom. The number of aromatic nitrogens is 4. The molecule has 3 amide bonds. The first kappa shape index (κ1) is 20.7. The number of hydrogen-bond donors (Lipinski definition) is 2. The van der Waals surface area contributed by atoms with Gasteiger partial charge in [0.15, 0.2) is 5.16 Å². The fourth-order valence-corrected chi connectivity index (χ4v) is 3.91. The maximum atomic E-state index is 12.8. The number of imide groups is 1. The molecule has 0 spiro atoms.